The van der Waals surface area contributed by atoms with Gasteiger partial charge in [-0.05, 0) is 62.1 Å². The second kappa shape index (κ2) is 23.3. The molecule has 2 saturated carbocycles. The molecule has 1 aromatic carbocycles. The number of carbonyl (C=O) groups is 4. The number of carboxylic acid groups (broad SMARTS) is 1. The van der Waals surface area contributed by atoms with Crippen LogP contribution in [-0.2, 0) is 49.3 Å². The number of carbonyl (C=O) groups excluding carboxylic acids is 3. The summed E-state index contributed by atoms with van der Waals surface area (Å²) in [7, 11) is 0. The zero-order chi connectivity index (χ0) is 47.8. The number of aromatic hydroxyl groups is 1. The third-order valence-corrected chi connectivity index (χ3v) is 13.5. The van der Waals surface area contributed by atoms with Gasteiger partial charge in [0.1, 0.15) is 59.8 Å². The summed E-state index contributed by atoms with van der Waals surface area (Å²) >= 11 is 0. The first-order valence-corrected chi connectivity index (χ1v) is 23.1. The molecule has 66 heavy (non-hydrogen) atoms. The van der Waals surface area contributed by atoms with Crippen molar-refractivity contribution in [3.05, 3.63) is 40.2 Å². The summed E-state index contributed by atoms with van der Waals surface area (Å²) in [6, 6.07) is 4.11. The van der Waals surface area contributed by atoms with Crippen molar-refractivity contribution in [3.63, 3.8) is 0 Å². The van der Waals surface area contributed by atoms with Crippen molar-refractivity contribution >= 4 is 34.5 Å². The molecular formula is C46H66N2O18. The SMILES string of the molecule is CCC1CC(C(=O)CCCNC(=O)Cc2cc(=O)oc3cc(O)ccc23)C[C@@H](O[C@@H]2OC(CO)C(O)C(O[C@@H](CC3CCCCC3)C(=O)O)C2NC(C)=O)[C@@H]1OC1O[C@@H](C)[C@H](O)C(O)[C@@H]1O. The van der Waals surface area contributed by atoms with Gasteiger partial charge in [-0.15, -0.1) is 0 Å². The van der Waals surface area contributed by atoms with Crippen molar-refractivity contribution in [2.45, 2.75) is 177 Å². The Kier molecular flexibility index (Phi) is 18.1. The predicted molar refractivity (Wildman–Crippen MR) is 231 cm³/mol. The van der Waals surface area contributed by atoms with Crippen LogP contribution in [-0.4, -0.2) is 152 Å². The summed E-state index contributed by atoms with van der Waals surface area (Å²) in [5.74, 6) is -3.57. The van der Waals surface area contributed by atoms with Gasteiger partial charge in [-0.1, -0.05) is 45.4 Å². The molecule has 368 valence electrons. The van der Waals surface area contributed by atoms with Gasteiger partial charge in [-0.2, -0.15) is 0 Å². The number of carboxylic acids is 1. The smallest absolute Gasteiger partial charge is 0.336 e. The van der Waals surface area contributed by atoms with E-state index in [9.17, 15) is 59.7 Å². The molecule has 2 amide bonds. The number of hydrogen-bond acceptors (Lipinski definition) is 17. The van der Waals surface area contributed by atoms with E-state index in [4.69, 9.17) is 28.1 Å². The minimum Gasteiger partial charge on any atom is -0.508 e. The quantitative estimate of drug-likeness (QED) is 0.0699. The second-order valence-electron chi connectivity index (χ2n) is 18.3. The summed E-state index contributed by atoms with van der Waals surface area (Å²) in [5, 5.41) is 80.0. The van der Waals surface area contributed by atoms with Crippen LogP contribution >= 0.6 is 0 Å². The van der Waals surface area contributed by atoms with Crippen molar-refractivity contribution < 1.29 is 83.0 Å². The van der Waals surface area contributed by atoms with Crippen LogP contribution in [0.3, 0.4) is 0 Å². The molecule has 4 fully saturated rings. The summed E-state index contributed by atoms with van der Waals surface area (Å²) in [6.45, 7) is 3.96. The van der Waals surface area contributed by atoms with Gasteiger partial charge in [0.15, 0.2) is 18.7 Å². The number of ether oxygens (including phenoxy) is 5. The van der Waals surface area contributed by atoms with Gasteiger partial charge in [0.2, 0.25) is 11.8 Å². The van der Waals surface area contributed by atoms with Crippen molar-refractivity contribution in [2.75, 3.05) is 13.2 Å². The van der Waals surface area contributed by atoms with E-state index in [1.807, 2.05) is 6.92 Å². The van der Waals surface area contributed by atoms with E-state index in [0.717, 1.165) is 32.1 Å². The molecule has 4 aliphatic rings. The third-order valence-electron chi connectivity index (χ3n) is 13.5. The number of Topliss-reactive ketones (excluding diaryl/α,β-unsaturated/α-hetero) is 1. The maximum absolute atomic E-state index is 14.0. The summed E-state index contributed by atoms with van der Waals surface area (Å²) in [6.07, 6.45) is -10.9. The van der Waals surface area contributed by atoms with E-state index in [-0.39, 0.29) is 61.7 Å². The fourth-order valence-corrected chi connectivity index (χ4v) is 9.92. The molecule has 20 heteroatoms. The number of phenolic OH excluding ortho intramolecular Hbond substituents is 1. The van der Waals surface area contributed by atoms with Crippen LogP contribution < -0.4 is 16.3 Å². The van der Waals surface area contributed by atoms with Gasteiger partial charge >= 0.3 is 11.6 Å². The van der Waals surface area contributed by atoms with E-state index in [1.165, 1.54) is 32.0 Å². The Labute approximate surface area is 381 Å². The predicted octanol–water partition coefficient (Wildman–Crippen LogP) is 0.932. The molecule has 3 heterocycles. The maximum atomic E-state index is 14.0. The fraction of sp³-hybridized carbons (Fsp3) is 0.717. The molecule has 0 spiro atoms. The highest BCUT2D eigenvalue weighted by Gasteiger charge is 2.53. The molecule has 20 nitrogen and oxygen atoms in total. The topological polar surface area (TPSA) is 310 Å². The number of benzene rings is 1. The molecule has 8 unspecified atom stereocenters. The molecule has 2 aliphatic carbocycles. The maximum Gasteiger partial charge on any atom is 0.336 e. The first kappa shape index (κ1) is 51.3. The third kappa shape index (κ3) is 12.7. The molecule has 15 atom stereocenters. The lowest BCUT2D eigenvalue weighted by atomic mass is 9.74. The highest BCUT2D eigenvalue weighted by Crippen LogP contribution is 2.40. The van der Waals surface area contributed by atoms with Crippen LogP contribution in [0.5, 0.6) is 5.75 Å². The second-order valence-corrected chi connectivity index (χ2v) is 18.3. The van der Waals surface area contributed by atoms with Crippen molar-refractivity contribution in [3.8, 4) is 5.75 Å². The summed E-state index contributed by atoms with van der Waals surface area (Å²) in [5.41, 5.74) is -0.147. The Morgan fingerprint density at radius 2 is 1.65 bits per heavy atom. The fourth-order valence-electron chi connectivity index (χ4n) is 9.92. The van der Waals surface area contributed by atoms with E-state index in [1.54, 1.807) is 6.07 Å². The molecule has 1 aromatic heterocycles. The van der Waals surface area contributed by atoms with Gasteiger partial charge < -0.3 is 74.5 Å². The number of aliphatic carboxylic acids is 1. The summed E-state index contributed by atoms with van der Waals surface area (Å²) < 4.78 is 36.3. The van der Waals surface area contributed by atoms with Crippen molar-refractivity contribution in [2.24, 2.45) is 17.8 Å². The van der Waals surface area contributed by atoms with Gasteiger partial charge in [0, 0.05) is 43.3 Å². The number of aliphatic hydroxyl groups excluding tert-OH is 5. The lowest BCUT2D eigenvalue weighted by Gasteiger charge is -2.49. The molecule has 0 radical (unpaired) electrons. The lowest BCUT2D eigenvalue weighted by Crippen LogP contribution is -2.67. The monoisotopic (exact) mass is 934 g/mol. The highest BCUT2D eigenvalue weighted by atomic mass is 16.7. The number of aliphatic hydroxyl groups is 5. The molecule has 2 aromatic rings. The van der Waals surface area contributed by atoms with E-state index in [2.05, 4.69) is 10.6 Å². The minimum atomic E-state index is -1.68. The van der Waals surface area contributed by atoms with Crippen LogP contribution in [0.15, 0.2) is 33.5 Å². The van der Waals surface area contributed by atoms with Crippen LogP contribution in [0.25, 0.3) is 11.0 Å². The van der Waals surface area contributed by atoms with E-state index in [0.29, 0.717) is 23.8 Å². The average Bonchev–Trinajstić information content (AvgIpc) is 3.27. The number of fused-ring (bicyclic) bond motifs is 1. The Balaban J connectivity index is 1.20. The number of ketones is 1. The minimum absolute atomic E-state index is 0.000917. The molecule has 2 saturated heterocycles. The zero-order valence-electron chi connectivity index (χ0n) is 37.6. The van der Waals surface area contributed by atoms with Crippen molar-refractivity contribution in [1.82, 2.24) is 10.6 Å². The van der Waals surface area contributed by atoms with Gasteiger partial charge in [0.25, 0.3) is 0 Å². The van der Waals surface area contributed by atoms with Gasteiger partial charge in [0.05, 0.1) is 31.3 Å². The normalized spacial score (nSPS) is 33.5. The Morgan fingerprint density at radius 3 is 2.33 bits per heavy atom. The van der Waals surface area contributed by atoms with Crippen LogP contribution in [0.2, 0.25) is 0 Å². The van der Waals surface area contributed by atoms with E-state index >= 15 is 0 Å². The Morgan fingerprint density at radius 1 is 0.909 bits per heavy atom. The number of amides is 2. The van der Waals surface area contributed by atoms with Crippen molar-refractivity contribution in [1.29, 1.82) is 0 Å². The Bertz CT molecular complexity index is 2030. The number of hydrogen-bond donors (Lipinski definition) is 9. The molecule has 2 aliphatic heterocycles. The zero-order valence-corrected chi connectivity index (χ0v) is 37.6. The van der Waals surface area contributed by atoms with Gasteiger partial charge in [-0.3, -0.25) is 14.4 Å². The molecule has 0 bridgehead atoms. The average molecular weight is 935 g/mol. The van der Waals surface area contributed by atoms with Crippen LogP contribution in [0.1, 0.15) is 97.0 Å². The number of nitrogens with one attached hydrogen (secondary N) is 2. The van der Waals surface area contributed by atoms with Crippen LogP contribution in [0.4, 0.5) is 0 Å². The molecular weight excluding hydrogens is 869 g/mol. The standard InChI is InChI=1S/C46H66N2O18/c1-4-25-16-27(30(52)11-8-14-47-35(53)18-26-19-36(54)62-31-20-28(51)12-13-29(26)31)17-32(42(25)66-46-41(58)40(57)38(55)22(2)61-46)64-45-37(48-23(3)50)43(39(56)34(21-49)65-45)63-33(44(59)60)15-24-9-6-5-7-10-24/h12-13,19-20,22,24-25,27,32-34,37-43,45-46,49,51,55-58H,4-11,14-18,21H2,1-3H3,(H,47,53)(H,48,50)(H,59,60)/t22-,25?,27?,32+,33-,34?,37?,38-,39?,40?,41-,42+,43?,45+,46?/m0/s1. The number of rotatable bonds is 19. The Hall–Kier alpha value is -4.09. The molecule has 9 N–H and O–H groups in total. The number of phenols is 1. The van der Waals surface area contributed by atoms with E-state index < -0.39 is 122 Å². The van der Waals surface area contributed by atoms with Gasteiger partial charge in [-0.25, -0.2) is 9.59 Å². The molecule has 6 rings (SSSR count). The highest BCUT2D eigenvalue weighted by molar-refractivity contribution is 5.87. The first-order valence-electron chi connectivity index (χ1n) is 23.1. The first-order chi connectivity index (χ1) is 31.5. The summed E-state index contributed by atoms with van der Waals surface area (Å²) in [4.78, 5) is 64.5. The van der Waals surface area contributed by atoms with Crippen LogP contribution in [0, 0.1) is 17.8 Å². The largest absolute Gasteiger partial charge is 0.508 e. The lowest BCUT2D eigenvalue weighted by molar-refractivity contribution is -0.338.